The monoisotopic (exact) mass is 462 g/mol. The molecule has 0 amide bonds. The first-order chi connectivity index (χ1) is 15.6. The second-order valence-electron chi connectivity index (χ2n) is 7.22. The second-order valence-corrected chi connectivity index (χ2v) is 9.08. The minimum atomic E-state index is -3.55. The van der Waals surface area contributed by atoms with E-state index >= 15 is 0 Å². The van der Waals surface area contributed by atoms with Gasteiger partial charge in [0, 0.05) is 0 Å². The highest BCUT2D eigenvalue weighted by molar-refractivity contribution is 7.57. The zero-order valence-corrected chi connectivity index (χ0v) is 19.4. The molecule has 0 saturated carbocycles. The Kier molecular flexibility index (Phi) is 9.48. The fourth-order valence-electron chi connectivity index (χ4n) is 3.44. The Morgan fingerprint density at radius 3 is 1.94 bits per heavy atom. The van der Waals surface area contributed by atoms with E-state index in [9.17, 15) is 9.67 Å². The summed E-state index contributed by atoms with van der Waals surface area (Å²) < 4.78 is 42.1. The summed E-state index contributed by atoms with van der Waals surface area (Å²) in [6.07, 6.45) is -1.97. The van der Waals surface area contributed by atoms with E-state index < -0.39 is 25.9 Å². The van der Waals surface area contributed by atoms with Gasteiger partial charge in [0.25, 0.3) is 0 Å². The van der Waals surface area contributed by atoms with Gasteiger partial charge in [0.1, 0.15) is 18.0 Å². The first-order valence-corrected chi connectivity index (χ1v) is 12.4. The molecule has 3 atom stereocenters. The van der Waals surface area contributed by atoms with Crippen molar-refractivity contribution < 1.29 is 32.9 Å². The molecule has 1 heterocycles. The maximum atomic E-state index is 13.1. The van der Waals surface area contributed by atoms with Crippen molar-refractivity contribution >= 4 is 7.60 Å². The van der Waals surface area contributed by atoms with Crippen molar-refractivity contribution in [2.45, 2.75) is 45.4 Å². The third-order valence-corrected chi connectivity index (χ3v) is 6.68. The van der Waals surface area contributed by atoms with Crippen molar-refractivity contribution in [3.8, 4) is 0 Å². The van der Waals surface area contributed by atoms with Gasteiger partial charge in [0.15, 0.2) is 6.10 Å². The van der Waals surface area contributed by atoms with Crippen molar-refractivity contribution in [2.75, 3.05) is 19.8 Å². The fraction of sp³-hybridized carbons (Fsp3) is 0.417. The van der Waals surface area contributed by atoms with Crippen LogP contribution in [0.3, 0.4) is 0 Å². The van der Waals surface area contributed by atoms with Crippen LogP contribution in [0.2, 0.25) is 0 Å². The first kappa shape index (κ1) is 24.6. The van der Waals surface area contributed by atoms with Gasteiger partial charge in [-0.05, 0) is 25.0 Å². The zero-order valence-electron chi connectivity index (χ0n) is 18.5. The minimum absolute atomic E-state index is 0.216. The number of aliphatic hydroxyl groups excluding tert-OH is 1. The molecule has 0 radical (unpaired) electrons. The predicted molar refractivity (Wildman–Crippen MR) is 121 cm³/mol. The summed E-state index contributed by atoms with van der Waals surface area (Å²) in [7, 11) is -3.55. The molecule has 3 rings (SSSR count). The molecule has 0 aliphatic carbocycles. The van der Waals surface area contributed by atoms with Gasteiger partial charge in [0.2, 0.25) is 0 Å². The summed E-state index contributed by atoms with van der Waals surface area (Å²) in [6.45, 7) is 4.25. The molecule has 1 N–H and O–H groups in total. The van der Waals surface area contributed by atoms with Crippen LogP contribution in [-0.2, 0) is 41.0 Å². The van der Waals surface area contributed by atoms with E-state index in [-0.39, 0.29) is 25.6 Å². The number of rotatable bonds is 12. The van der Waals surface area contributed by atoms with E-state index in [1.165, 1.54) is 5.82 Å². The third kappa shape index (κ3) is 6.75. The average Bonchev–Trinajstić information content (AvgIpc) is 3.13. The Morgan fingerprint density at radius 1 is 0.906 bits per heavy atom. The molecule has 1 fully saturated rings. The summed E-state index contributed by atoms with van der Waals surface area (Å²) >= 11 is 0. The summed E-state index contributed by atoms with van der Waals surface area (Å²) in [5.41, 5.74) is 1.96. The molecule has 1 aliphatic heterocycles. The highest BCUT2D eigenvalue weighted by Crippen LogP contribution is 2.52. The molecule has 0 bridgehead atoms. The standard InChI is InChI=1S/C24H31O7P/c1-3-29-32(26,30-4-2)18-22-24(28-17-20-13-9-6-10-14-20)23(21(15-25)31-22)27-16-19-11-7-5-8-12-19/h5-14,18,21,23-25H,3-4,15-17H2,1-2H3/t21-,23-,24-/m1/s1. The van der Waals surface area contributed by atoms with Gasteiger partial charge in [-0.15, -0.1) is 0 Å². The van der Waals surface area contributed by atoms with Crippen LogP contribution in [0.25, 0.3) is 0 Å². The van der Waals surface area contributed by atoms with E-state index in [1.807, 2.05) is 60.7 Å². The van der Waals surface area contributed by atoms with Crippen LogP contribution >= 0.6 is 7.60 Å². The van der Waals surface area contributed by atoms with Gasteiger partial charge in [-0.25, -0.2) is 0 Å². The van der Waals surface area contributed by atoms with Crippen LogP contribution < -0.4 is 0 Å². The lowest BCUT2D eigenvalue weighted by molar-refractivity contribution is -0.0807. The van der Waals surface area contributed by atoms with Crippen LogP contribution in [0.1, 0.15) is 25.0 Å². The number of ether oxygens (including phenoxy) is 3. The second kappa shape index (κ2) is 12.3. The summed E-state index contributed by atoms with van der Waals surface area (Å²) in [4.78, 5) is 0. The van der Waals surface area contributed by atoms with Crippen molar-refractivity contribution in [1.29, 1.82) is 0 Å². The van der Waals surface area contributed by atoms with Crippen LogP contribution in [0.15, 0.2) is 72.2 Å². The van der Waals surface area contributed by atoms with Gasteiger partial charge in [-0.3, -0.25) is 4.57 Å². The number of aliphatic hydroxyl groups is 1. The molecule has 32 heavy (non-hydrogen) atoms. The van der Waals surface area contributed by atoms with Crippen LogP contribution in [0, 0.1) is 0 Å². The predicted octanol–water partition coefficient (Wildman–Crippen LogP) is 4.66. The number of benzene rings is 2. The highest BCUT2D eigenvalue weighted by atomic mass is 31.2. The highest BCUT2D eigenvalue weighted by Gasteiger charge is 2.45. The molecule has 2 aromatic carbocycles. The summed E-state index contributed by atoms with van der Waals surface area (Å²) in [5, 5.41) is 9.94. The lowest BCUT2D eigenvalue weighted by atomic mass is 10.1. The molecule has 0 aromatic heterocycles. The maximum Gasteiger partial charge on any atom is 0.357 e. The molecule has 174 valence electrons. The van der Waals surface area contributed by atoms with Gasteiger partial charge in [-0.2, -0.15) is 0 Å². The molecular weight excluding hydrogens is 431 g/mol. The quantitative estimate of drug-likeness (QED) is 0.460. The molecular formula is C24H31O7P. The van der Waals surface area contributed by atoms with Crippen LogP contribution in [-0.4, -0.2) is 43.2 Å². The smallest absolute Gasteiger partial charge is 0.357 e. The largest absolute Gasteiger partial charge is 0.486 e. The summed E-state index contributed by atoms with van der Waals surface area (Å²) in [6, 6.07) is 19.4. The minimum Gasteiger partial charge on any atom is -0.486 e. The van der Waals surface area contributed by atoms with E-state index in [0.29, 0.717) is 13.2 Å². The zero-order chi connectivity index (χ0) is 22.8. The van der Waals surface area contributed by atoms with E-state index in [2.05, 4.69) is 0 Å². The molecule has 8 heteroatoms. The van der Waals surface area contributed by atoms with Gasteiger partial charge >= 0.3 is 7.60 Å². The average molecular weight is 462 g/mol. The molecule has 2 aromatic rings. The van der Waals surface area contributed by atoms with Crippen molar-refractivity contribution in [2.24, 2.45) is 0 Å². The van der Waals surface area contributed by atoms with Gasteiger partial charge in [0.05, 0.1) is 38.9 Å². The van der Waals surface area contributed by atoms with Gasteiger partial charge < -0.3 is 28.4 Å². The summed E-state index contributed by atoms with van der Waals surface area (Å²) in [5.74, 6) is 1.63. The van der Waals surface area contributed by atoms with Crippen molar-refractivity contribution in [3.05, 3.63) is 83.4 Å². The fourth-order valence-corrected chi connectivity index (χ4v) is 4.90. The number of hydrogen-bond acceptors (Lipinski definition) is 7. The van der Waals surface area contributed by atoms with E-state index in [0.717, 1.165) is 11.1 Å². The van der Waals surface area contributed by atoms with Gasteiger partial charge in [-0.1, -0.05) is 60.7 Å². The van der Waals surface area contributed by atoms with Crippen LogP contribution in [0.5, 0.6) is 0 Å². The number of hydrogen-bond donors (Lipinski definition) is 1. The topological polar surface area (TPSA) is 83.5 Å². The lowest BCUT2D eigenvalue weighted by Gasteiger charge is -2.22. The molecule has 0 unspecified atom stereocenters. The Morgan fingerprint density at radius 2 is 1.44 bits per heavy atom. The molecule has 7 nitrogen and oxygen atoms in total. The van der Waals surface area contributed by atoms with E-state index in [1.54, 1.807) is 13.8 Å². The molecule has 1 aliphatic rings. The molecule has 1 saturated heterocycles. The molecule has 0 spiro atoms. The Bertz CT molecular complexity index is 878. The Hall–Kier alpha value is -1.99. The normalized spacial score (nSPS) is 22.2. The Labute approximate surface area is 189 Å². The van der Waals surface area contributed by atoms with E-state index in [4.69, 9.17) is 23.3 Å². The Balaban J connectivity index is 1.85. The SMILES string of the molecule is CCOP(=O)(C=C1O[C@H](CO)[C@@H](OCc2ccccc2)[C@@H]1OCc1ccccc1)OCC. The van der Waals surface area contributed by atoms with Crippen molar-refractivity contribution in [1.82, 2.24) is 0 Å². The third-order valence-electron chi connectivity index (χ3n) is 4.87. The maximum absolute atomic E-state index is 13.1. The van der Waals surface area contributed by atoms with Crippen molar-refractivity contribution in [3.63, 3.8) is 0 Å². The lowest BCUT2D eigenvalue weighted by Crippen LogP contribution is -2.36. The first-order valence-electron chi connectivity index (χ1n) is 10.8. The van der Waals surface area contributed by atoms with Crippen LogP contribution in [0.4, 0.5) is 0 Å².